The fourth-order valence-electron chi connectivity index (χ4n) is 4.65. The van der Waals surface area contributed by atoms with Crippen LogP contribution in [0.15, 0.2) is 66.0 Å². The maximum atomic E-state index is 13.3. The van der Waals surface area contributed by atoms with Crippen molar-refractivity contribution in [3.63, 3.8) is 0 Å². The molecule has 3 aromatic heterocycles. The molecule has 0 unspecified atom stereocenters. The Morgan fingerprint density at radius 1 is 0.971 bits per heavy atom. The molecule has 1 fully saturated rings. The molecule has 180 valence electrons. The molecule has 1 aliphatic rings. The molecule has 0 saturated heterocycles. The molecular weight excluding hydrogens is 457 g/mol. The van der Waals surface area contributed by atoms with E-state index in [2.05, 4.69) is 21.9 Å². The zero-order chi connectivity index (χ0) is 24.6. The standard InChI is InChI=1S/C26H23F3N4O2/c1-16-6-8-17(9-7-16)23-22(5-3-12-30-23)33-15-32-24(34)19-14-18(10-11-21(19)33)35-25-20(26(27,28)29)4-2-13-31-25/h2-5,10-17H,6-9H2,1H3. The van der Waals surface area contributed by atoms with Crippen LogP contribution in [-0.2, 0) is 6.18 Å². The summed E-state index contributed by atoms with van der Waals surface area (Å²) >= 11 is 0. The monoisotopic (exact) mass is 480 g/mol. The molecule has 3 heterocycles. The molecular formula is C26H23F3N4O2. The van der Waals surface area contributed by atoms with Crippen LogP contribution in [0.5, 0.6) is 11.6 Å². The minimum Gasteiger partial charge on any atom is -0.438 e. The summed E-state index contributed by atoms with van der Waals surface area (Å²) < 4.78 is 47.3. The smallest absolute Gasteiger partial charge is 0.421 e. The molecule has 0 amide bonds. The Morgan fingerprint density at radius 3 is 2.49 bits per heavy atom. The molecule has 35 heavy (non-hydrogen) atoms. The van der Waals surface area contributed by atoms with Crippen molar-refractivity contribution < 1.29 is 17.9 Å². The van der Waals surface area contributed by atoms with Crippen LogP contribution in [0.25, 0.3) is 16.6 Å². The van der Waals surface area contributed by atoms with E-state index in [4.69, 9.17) is 4.74 Å². The van der Waals surface area contributed by atoms with Crippen molar-refractivity contribution in [2.45, 2.75) is 44.7 Å². The van der Waals surface area contributed by atoms with E-state index in [0.29, 0.717) is 17.4 Å². The second-order valence-electron chi connectivity index (χ2n) is 8.92. The summed E-state index contributed by atoms with van der Waals surface area (Å²) in [6.07, 6.45) is 4.19. The molecule has 6 nitrogen and oxygen atoms in total. The molecule has 0 aliphatic heterocycles. The van der Waals surface area contributed by atoms with Gasteiger partial charge in [0.2, 0.25) is 5.88 Å². The van der Waals surface area contributed by atoms with Crippen LogP contribution in [-0.4, -0.2) is 19.5 Å². The lowest BCUT2D eigenvalue weighted by Crippen LogP contribution is -2.17. The second kappa shape index (κ2) is 9.13. The number of ether oxygens (including phenoxy) is 1. The van der Waals surface area contributed by atoms with Gasteiger partial charge in [0.25, 0.3) is 5.56 Å². The van der Waals surface area contributed by atoms with Gasteiger partial charge in [0.05, 0.1) is 22.3 Å². The van der Waals surface area contributed by atoms with Crippen LogP contribution < -0.4 is 10.3 Å². The zero-order valence-electron chi connectivity index (χ0n) is 19.0. The average molecular weight is 480 g/mol. The average Bonchev–Trinajstić information content (AvgIpc) is 2.85. The van der Waals surface area contributed by atoms with E-state index in [1.54, 1.807) is 12.3 Å². The summed E-state index contributed by atoms with van der Waals surface area (Å²) in [5.74, 6) is 0.490. The molecule has 1 aromatic carbocycles. The number of benzene rings is 1. The van der Waals surface area contributed by atoms with Crippen molar-refractivity contribution in [3.05, 3.63) is 82.8 Å². The quantitative estimate of drug-likeness (QED) is 0.344. The van der Waals surface area contributed by atoms with E-state index in [0.717, 1.165) is 43.1 Å². The summed E-state index contributed by atoms with van der Waals surface area (Å²) in [5.41, 5.74) is 0.853. The summed E-state index contributed by atoms with van der Waals surface area (Å²) in [4.78, 5) is 25.0. The largest absolute Gasteiger partial charge is 0.438 e. The summed E-state index contributed by atoms with van der Waals surface area (Å²) in [7, 11) is 0. The Bertz CT molecular complexity index is 1430. The second-order valence-corrected chi connectivity index (χ2v) is 8.92. The maximum absolute atomic E-state index is 13.3. The summed E-state index contributed by atoms with van der Waals surface area (Å²) in [6.45, 7) is 2.26. The first-order chi connectivity index (χ1) is 16.8. The molecule has 0 radical (unpaired) electrons. The highest BCUT2D eigenvalue weighted by atomic mass is 19.4. The van der Waals surface area contributed by atoms with Gasteiger partial charge in [0.1, 0.15) is 17.6 Å². The van der Waals surface area contributed by atoms with Gasteiger partial charge in [0.15, 0.2) is 0 Å². The number of aromatic nitrogens is 4. The fraction of sp³-hybridized carbons (Fsp3) is 0.308. The number of pyridine rings is 2. The number of alkyl halides is 3. The SMILES string of the molecule is CC1CCC(c2ncccc2-n2cnc(=O)c3cc(Oc4ncccc4C(F)(F)F)ccc32)CC1. The fourth-order valence-corrected chi connectivity index (χ4v) is 4.65. The van der Waals surface area contributed by atoms with Crippen LogP contribution in [0.3, 0.4) is 0 Å². The first kappa shape index (κ1) is 23.0. The predicted octanol–water partition coefficient (Wildman–Crippen LogP) is 6.28. The van der Waals surface area contributed by atoms with E-state index in [-0.39, 0.29) is 11.1 Å². The van der Waals surface area contributed by atoms with E-state index in [9.17, 15) is 18.0 Å². The number of fused-ring (bicyclic) bond motifs is 1. The highest BCUT2D eigenvalue weighted by Gasteiger charge is 2.35. The summed E-state index contributed by atoms with van der Waals surface area (Å²) in [5, 5.41) is 0.224. The van der Waals surface area contributed by atoms with Crippen molar-refractivity contribution >= 4 is 10.9 Å². The Labute approximate surface area is 199 Å². The lowest BCUT2D eigenvalue weighted by Gasteiger charge is -2.27. The number of halogens is 3. The van der Waals surface area contributed by atoms with Gasteiger partial charge in [-0.3, -0.25) is 14.3 Å². The molecule has 0 N–H and O–H groups in total. The van der Waals surface area contributed by atoms with Gasteiger partial charge >= 0.3 is 6.18 Å². The van der Waals surface area contributed by atoms with Crippen molar-refractivity contribution in [1.29, 1.82) is 0 Å². The van der Waals surface area contributed by atoms with E-state index >= 15 is 0 Å². The molecule has 0 bridgehead atoms. The Balaban J connectivity index is 1.56. The molecule has 1 saturated carbocycles. The number of hydrogen-bond acceptors (Lipinski definition) is 5. The lowest BCUT2D eigenvalue weighted by atomic mass is 9.81. The number of nitrogens with zero attached hydrogens (tertiary/aromatic N) is 4. The minimum absolute atomic E-state index is 0.0611. The number of rotatable bonds is 4. The van der Waals surface area contributed by atoms with Gasteiger partial charge in [-0.1, -0.05) is 19.8 Å². The van der Waals surface area contributed by atoms with Crippen molar-refractivity contribution in [2.24, 2.45) is 5.92 Å². The third kappa shape index (κ3) is 4.62. The number of hydrogen-bond donors (Lipinski definition) is 0. The van der Waals surface area contributed by atoms with Crippen molar-refractivity contribution in [3.8, 4) is 17.3 Å². The highest BCUT2D eigenvalue weighted by Crippen LogP contribution is 2.38. The van der Waals surface area contributed by atoms with E-state index in [1.165, 1.54) is 30.7 Å². The Kier molecular flexibility index (Phi) is 6.00. The first-order valence-corrected chi connectivity index (χ1v) is 11.5. The summed E-state index contributed by atoms with van der Waals surface area (Å²) in [6, 6.07) is 10.4. The minimum atomic E-state index is -4.62. The molecule has 0 atom stereocenters. The molecule has 0 spiro atoms. The molecule has 5 rings (SSSR count). The molecule has 4 aromatic rings. The van der Waals surface area contributed by atoms with Crippen LogP contribution in [0, 0.1) is 5.92 Å². The van der Waals surface area contributed by atoms with Gasteiger partial charge < -0.3 is 4.74 Å². The van der Waals surface area contributed by atoms with Gasteiger partial charge in [-0.25, -0.2) is 4.98 Å². The Morgan fingerprint density at radius 2 is 1.71 bits per heavy atom. The molecule has 1 aliphatic carbocycles. The van der Waals surface area contributed by atoms with Crippen molar-refractivity contribution in [1.82, 2.24) is 19.5 Å². The third-order valence-corrected chi connectivity index (χ3v) is 6.52. The molecule has 9 heteroatoms. The van der Waals surface area contributed by atoms with Crippen LogP contribution in [0.4, 0.5) is 13.2 Å². The predicted molar refractivity (Wildman–Crippen MR) is 125 cm³/mol. The van der Waals surface area contributed by atoms with Crippen LogP contribution in [0.2, 0.25) is 0 Å². The van der Waals surface area contributed by atoms with Gasteiger partial charge in [-0.15, -0.1) is 0 Å². The van der Waals surface area contributed by atoms with Crippen LogP contribution in [0.1, 0.15) is 49.8 Å². The maximum Gasteiger partial charge on any atom is 0.421 e. The first-order valence-electron chi connectivity index (χ1n) is 11.5. The van der Waals surface area contributed by atoms with Crippen molar-refractivity contribution in [2.75, 3.05) is 0 Å². The van der Waals surface area contributed by atoms with Gasteiger partial charge in [-0.2, -0.15) is 18.2 Å². The van der Waals surface area contributed by atoms with Crippen LogP contribution >= 0.6 is 0 Å². The lowest BCUT2D eigenvalue weighted by molar-refractivity contribution is -0.138. The highest BCUT2D eigenvalue weighted by molar-refractivity contribution is 5.81. The van der Waals surface area contributed by atoms with Gasteiger partial charge in [0, 0.05) is 18.3 Å². The Hall–Kier alpha value is -3.75. The third-order valence-electron chi connectivity index (χ3n) is 6.52. The normalized spacial score (nSPS) is 18.5. The topological polar surface area (TPSA) is 69.9 Å². The van der Waals surface area contributed by atoms with E-state index in [1.807, 2.05) is 16.7 Å². The van der Waals surface area contributed by atoms with Gasteiger partial charge in [-0.05, 0) is 61.2 Å². The van der Waals surface area contributed by atoms with E-state index < -0.39 is 23.2 Å². The zero-order valence-corrected chi connectivity index (χ0v) is 19.0.